The van der Waals surface area contributed by atoms with Crippen LogP contribution in [-0.4, -0.2) is 53.6 Å². The van der Waals surface area contributed by atoms with E-state index >= 15 is 0 Å². The van der Waals surface area contributed by atoms with Gasteiger partial charge in [-0.15, -0.1) is 0 Å². The highest BCUT2D eigenvalue weighted by molar-refractivity contribution is 8.14. The third-order valence-electron chi connectivity index (χ3n) is 5.42. The molecule has 0 aromatic heterocycles. The second-order valence-corrected chi connectivity index (χ2v) is 8.96. The molecule has 2 amide bonds. The Morgan fingerprint density at radius 2 is 2.03 bits per heavy atom. The minimum absolute atomic E-state index is 0.191. The second kappa shape index (κ2) is 9.18. The number of anilines is 2. The molecule has 2 atom stereocenters. The molecule has 2 aromatic rings. The number of amidine groups is 1. The lowest BCUT2D eigenvalue weighted by atomic mass is 10.2. The summed E-state index contributed by atoms with van der Waals surface area (Å²) < 4.78 is 16.3. The maximum atomic E-state index is 13.1. The van der Waals surface area contributed by atoms with Crippen LogP contribution in [0, 0.1) is 0 Å². The molecule has 0 fully saturated rings. The van der Waals surface area contributed by atoms with Crippen LogP contribution in [0.5, 0.6) is 17.2 Å². The van der Waals surface area contributed by atoms with E-state index in [1.807, 2.05) is 18.2 Å². The monoisotopic (exact) mass is 481 g/mol. The van der Waals surface area contributed by atoms with Crippen molar-refractivity contribution in [2.75, 3.05) is 30.5 Å². The molecule has 2 N–H and O–H groups in total. The number of ether oxygens (including phenoxy) is 3. The third kappa shape index (κ3) is 4.21. The molecule has 0 aliphatic carbocycles. The fourth-order valence-electron chi connectivity index (χ4n) is 3.65. The molecule has 34 heavy (non-hydrogen) atoms. The Hall–Kier alpha value is -3.86. The van der Waals surface area contributed by atoms with Crippen molar-refractivity contribution >= 4 is 40.1 Å². The van der Waals surface area contributed by atoms with Crippen molar-refractivity contribution < 1.29 is 23.8 Å². The number of hydrazone groups is 1. The number of nitrogens with zero attached hydrogens (tertiary/aromatic N) is 3. The van der Waals surface area contributed by atoms with Gasteiger partial charge in [-0.05, 0) is 31.2 Å². The van der Waals surface area contributed by atoms with E-state index in [0.717, 1.165) is 0 Å². The molecule has 2 aromatic carbocycles. The van der Waals surface area contributed by atoms with Crippen molar-refractivity contribution in [1.29, 1.82) is 0 Å². The van der Waals surface area contributed by atoms with Gasteiger partial charge in [-0.2, -0.15) is 5.10 Å². The van der Waals surface area contributed by atoms with Crippen LogP contribution >= 0.6 is 11.8 Å². The van der Waals surface area contributed by atoms with E-state index in [1.54, 1.807) is 55.6 Å². The van der Waals surface area contributed by atoms with Crippen LogP contribution in [0.2, 0.25) is 0 Å². The van der Waals surface area contributed by atoms with E-state index in [0.29, 0.717) is 47.0 Å². The third-order valence-corrected chi connectivity index (χ3v) is 6.50. The summed E-state index contributed by atoms with van der Waals surface area (Å²) in [5.74, 6) is 1.54. The highest BCUT2D eigenvalue weighted by Gasteiger charge is 2.39. The Kier molecular flexibility index (Phi) is 5.93. The van der Waals surface area contributed by atoms with Crippen LogP contribution in [0.4, 0.5) is 11.4 Å². The zero-order chi connectivity index (χ0) is 23.7. The smallest absolute Gasteiger partial charge is 0.276 e. The van der Waals surface area contributed by atoms with Gasteiger partial charge in [0.15, 0.2) is 16.7 Å². The van der Waals surface area contributed by atoms with Gasteiger partial charge < -0.3 is 19.5 Å². The summed E-state index contributed by atoms with van der Waals surface area (Å²) in [6.07, 6.45) is 2.76. The molecule has 176 valence electrons. The van der Waals surface area contributed by atoms with Crippen molar-refractivity contribution in [2.45, 2.75) is 18.3 Å². The fraction of sp³-hybridized carbons (Fsp3) is 0.261. The summed E-state index contributed by atoms with van der Waals surface area (Å²) in [5.41, 5.74) is 4.18. The lowest BCUT2D eigenvalue weighted by Gasteiger charge is -2.32. The van der Waals surface area contributed by atoms with Gasteiger partial charge in [0.25, 0.3) is 5.91 Å². The molecule has 10 nitrogen and oxygen atoms in total. The quantitative estimate of drug-likeness (QED) is 0.672. The van der Waals surface area contributed by atoms with Crippen LogP contribution in [0.25, 0.3) is 0 Å². The molecule has 0 spiro atoms. The predicted octanol–water partition coefficient (Wildman–Crippen LogP) is 2.55. The van der Waals surface area contributed by atoms with Crippen molar-refractivity contribution in [3.05, 3.63) is 54.9 Å². The number of thioether (sulfide) groups is 1. The van der Waals surface area contributed by atoms with Crippen LogP contribution in [0.3, 0.4) is 0 Å². The molecular formula is C23H23N5O5S. The van der Waals surface area contributed by atoms with Crippen molar-refractivity contribution in [3.63, 3.8) is 0 Å². The zero-order valence-electron chi connectivity index (χ0n) is 18.6. The lowest BCUT2D eigenvalue weighted by Crippen LogP contribution is -2.52. The summed E-state index contributed by atoms with van der Waals surface area (Å²) in [6.45, 7) is 2.77. The number of nitrogens with one attached hydrogen (secondary N) is 2. The molecule has 0 bridgehead atoms. The summed E-state index contributed by atoms with van der Waals surface area (Å²) >= 11 is 1.26. The summed E-state index contributed by atoms with van der Waals surface area (Å²) in [6, 6.07) is 12.5. The summed E-state index contributed by atoms with van der Waals surface area (Å²) in [4.78, 5) is 29.1. The van der Waals surface area contributed by atoms with Gasteiger partial charge in [-0.1, -0.05) is 17.8 Å². The van der Waals surface area contributed by atoms with Crippen molar-refractivity contribution in [2.24, 2.45) is 5.10 Å². The molecule has 11 heteroatoms. The Bertz CT molecular complexity index is 1190. The van der Waals surface area contributed by atoms with E-state index in [2.05, 4.69) is 15.8 Å². The molecule has 3 aliphatic heterocycles. The van der Waals surface area contributed by atoms with Crippen molar-refractivity contribution in [1.82, 2.24) is 10.3 Å². The number of methoxy groups -OCH3 is 1. The average molecular weight is 482 g/mol. The lowest BCUT2D eigenvalue weighted by molar-refractivity contribution is -0.122. The van der Waals surface area contributed by atoms with Crippen molar-refractivity contribution in [3.8, 4) is 17.2 Å². The minimum atomic E-state index is -0.688. The summed E-state index contributed by atoms with van der Waals surface area (Å²) in [5, 5.41) is 7.25. The number of benzene rings is 2. The number of carbonyl (C=O) groups is 2. The van der Waals surface area contributed by atoms with Gasteiger partial charge in [0, 0.05) is 30.2 Å². The van der Waals surface area contributed by atoms with Crippen LogP contribution in [0.1, 0.15) is 6.92 Å². The molecule has 3 heterocycles. The molecule has 0 saturated carbocycles. The Morgan fingerprint density at radius 3 is 2.85 bits per heavy atom. The Balaban J connectivity index is 1.23. The standard InChI is InChI=1S/C23H23N5O5S/c1-14(21(29)24-15-6-7-18-19(12-15)33-11-10-32-18)34-23-26-25-20-22(30)27(8-9-28(20)23)16-4-3-5-17(13-16)31-2/h3-9,12-14,20,25H,10-11H2,1-2H3,(H,24,29). The van der Waals surface area contributed by atoms with E-state index in [9.17, 15) is 9.59 Å². The number of fused-ring (bicyclic) bond motifs is 2. The number of hydrogen-bond acceptors (Lipinski definition) is 9. The molecular weight excluding hydrogens is 458 g/mol. The van der Waals surface area contributed by atoms with E-state index < -0.39 is 11.4 Å². The number of carbonyl (C=O) groups excluding carboxylic acids is 2. The zero-order valence-corrected chi connectivity index (χ0v) is 19.4. The molecule has 0 saturated heterocycles. The SMILES string of the molecule is COc1cccc(N2C=CN3C(SC(C)C(=O)Nc4ccc5c(c4)OCCO5)=NNC3C2=O)c1. The Morgan fingerprint density at radius 1 is 1.21 bits per heavy atom. The largest absolute Gasteiger partial charge is 0.497 e. The van der Waals surface area contributed by atoms with Gasteiger partial charge in [0.2, 0.25) is 12.1 Å². The van der Waals surface area contributed by atoms with Gasteiger partial charge >= 0.3 is 0 Å². The normalized spacial score (nSPS) is 19.2. The van der Waals surface area contributed by atoms with Gasteiger partial charge in [-0.25, -0.2) is 0 Å². The topological polar surface area (TPSA) is 105 Å². The first-order valence-electron chi connectivity index (χ1n) is 10.7. The first-order valence-corrected chi connectivity index (χ1v) is 11.6. The minimum Gasteiger partial charge on any atom is -0.497 e. The maximum Gasteiger partial charge on any atom is 0.276 e. The van der Waals surface area contributed by atoms with Crippen LogP contribution in [0.15, 0.2) is 60.0 Å². The molecule has 3 aliphatic rings. The predicted molar refractivity (Wildman–Crippen MR) is 129 cm³/mol. The fourth-order valence-corrected chi connectivity index (χ4v) is 4.53. The number of hydrogen-bond donors (Lipinski definition) is 2. The van der Waals surface area contributed by atoms with E-state index in [4.69, 9.17) is 14.2 Å². The molecule has 0 radical (unpaired) electrons. The maximum absolute atomic E-state index is 13.1. The van der Waals surface area contributed by atoms with Gasteiger partial charge in [0.1, 0.15) is 19.0 Å². The first kappa shape index (κ1) is 22.0. The Labute approximate surface area is 200 Å². The number of amides is 2. The second-order valence-electron chi connectivity index (χ2n) is 7.65. The van der Waals surface area contributed by atoms with Crippen LogP contribution < -0.4 is 29.9 Å². The van der Waals surface area contributed by atoms with E-state index in [-0.39, 0.29) is 11.8 Å². The van der Waals surface area contributed by atoms with E-state index in [1.165, 1.54) is 16.7 Å². The van der Waals surface area contributed by atoms with Gasteiger partial charge in [0.05, 0.1) is 18.0 Å². The van der Waals surface area contributed by atoms with Crippen LogP contribution in [-0.2, 0) is 9.59 Å². The average Bonchev–Trinajstić information content (AvgIpc) is 3.27. The van der Waals surface area contributed by atoms with Gasteiger partial charge in [-0.3, -0.25) is 24.8 Å². The first-order chi connectivity index (χ1) is 16.5. The molecule has 2 unspecified atom stereocenters. The number of rotatable bonds is 5. The highest BCUT2D eigenvalue weighted by Crippen LogP contribution is 2.33. The highest BCUT2D eigenvalue weighted by atomic mass is 32.2. The summed E-state index contributed by atoms with van der Waals surface area (Å²) in [7, 11) is 1.58. The molecule has 5 rings (SSSR count).